The van der Waals surface area contributed by atoms with E-state index < -0.39 is 0 Å². The van der Waals surface area contributed by atoms with Gasteiger partial charge in [-0.3, -0.25) is 0 Å². The highest BCUT2D eigenvalue weighted by molar-refractivity contribution is 5.54. The molecule has 1 aromatic rings. The van der Waals surface area contributed by atoms with E-state index in [0.717, 1.165) is 18.7 Å². The lowest BCUT2D eigenvalue weighted by Crippen LogP contribution is -3.00. The number of nitrogens with two attached hydrogens (primary N) is 1. The van der Waals surface area contributed by atoms with Crippen molar-refractivity contribution in [2.45, 2.75) is 31.3 Å². The molecule has 2 heterocycles. The molecule has 2 aliphatic heterocycles. The second kappa shape index (κ2) is 6.42. The Morgan fingerprint density at radius 3 is 2.43 bits per heavy atom. The Balaban J connectivity index is 0.00000161. The maximum Gasteiger partial charge on any atom is 0.109 e. The molecular formula is C16H26ClN3O. The molecule has 3 rings (SSSR count). The van der Waals surface area contributed by atoms with Crippen LogP contribution in [0, 0.1) is 0 Å². The summed E-state index contributed by atoms with van der Waals surface area (Å²) in [6.07, 6.45) is 3.79. The summed E-state index contributed by atoms with van der Waals surface area (Å²) in [6, 6.07) is 8.94. The normalized spacial score (nSPS) is 27.6. The summed E-state index contributed by atoms with van der Waals surface area (Å²) in [6.45, 7) is 3.86. The van der Waals surface area contributed by atoms with Crippen LogP contribution in [0.3, 0.4) is 0 Å². The van der Waals surface area contributed by atoms with Crippen LogP contribution in [0.15, 0.2) is 24.3 Å². The summed E-state index contributed by atoms with van der Waals surface area (Å²) < 4.78 is 1.18. The number of nitrogens with zero attached hydrogens (tertiary/aromatic N) is 2. The molecular weight excluding hydrogens is 286 g/mol. The summed E-state index contributed by atoms with van der Waals surface area (Å²) >= 11 is 0. The van der Waals surface area contributed by atoms with Crippen LogP contribution in [-0.4, -0.2) is 55.0 Å². The Morgan fingerprint density at radius 1 is 1.24 bits per heavy atom. The van der Waals surface area contributed by atoms with E-state index in [1.165, 1.54) is 36.1 Å². The van der Waals surface area contributed by atoms with E-state index in [1.807, 2.05) is 12.1 Å². The van der Waals surface area contributed by atoms with E-state index in [9.17, 15) is 5.11 Å². The zero-order chi connectivity index (χ0) is 14.2. The molecule has 0 aromatic heterocycles. The smallest absolute Gasteiger partial charge is 0.109 e. The molecule has 118 valence electrons. The number of hydrogen-bond acceptors (Lipinski definition) is 3. The average Bonchev–Trinajstić information content (AvgIpc) is 3.07. The second-order valence-electron chi connectivity index (χ2n) is 6.60. The Labute approximate surface area is 133 Å². The van der Waals surface area contributed by atoms with E-state index in [-0.39, 0.29) is 25.1 Å². The molecule has 1 aromatic carbocycles. The fourth-order valence-electron chi connectivity index (χ4n) is 3.92. The predicted molar refractivity (Wildman–Crippen MR) is 82.6 cm³/mol. The van der Waals surface area contributed by atoms with Gasteiger partial charge in [0.25, 0.3) is 0 Å². The van der Waals surface area contributed by atoms with Gasteiger partial charge in [0.15, 0.2) is 0 Å². The molecule has 0 saturated carbocycles. The van der Waals surface area contributed by atoms with Crippen LogP contribution >= 0.6 is 0 Å². The molecule has 2 aliphatic rings. The number of benzene rings is 1. The maximum absolute atomic E-state index is 9.72. The standard InChI is InChI=1S/C16H26N3O.ClH/c1-19(8-2-3-9-19)16-10-15(12-20)18(11-16)14-6-4-13(17)5-7-14;/h4-7,15-16,20H,2-3,8-12,17H2,1H3;1H/q+1;/p-1. The SMILES string of the molecule is C[N+]1(C2CC(CO)N(c3ccc(N)cc3)C2)CCCC1.[Cl-]. The van der Waals surface area contributed by atoms with Crippen LogP contribution < -0.4 is 23.0 Å². The van der Waals surface area contributed by atoms with Gasteiger partial charge in [0, 0.05) is 30.6 Å². The highest BCUT2D eigenvalue weighted by Gasteiger charge is 2.44. The van der Waals surface area contributed by atoms with Gasteiger partial charge in [-0.25, -0.2) is 0 Å². The third-order valence-electron chi connectivity index (χ3n) is 5.30. The summed E-state index contributed by atoms with van der Waals surface area (Å²) in [7, 11) is 2.39. The largest absolute Gasteiger partial charge is 1.00 e. The third-order valence-corrected chi connectivity index (χ3v) is 5.30. The number of nitrogen functional groups attached to an aromatic ring is 1. The summed E-state index contributed by atoms with van der Waals surface area (Å²) in [4.78, 5) is 2.37. The fraction of sp³-hybridized carbons (Fsp3) is 0.625. The van der Waals surface area contributed by atoms with Gasteiger partial charge in [-0.15, -0.1) is 0 Å². The number of likely N-dealkylation sites (N-methyl/N-ethyl adjacent to an activating group) is 1. The average molecular weight is 312 g/mol. The van der Waals surface area contributed by atoms with Crippen molar-refractivity contribution in [3.63, 3.8) is 0 Å². The van der Waals surface area contributed by atoms with Crippen LogP contribution in [0.4, 0.5) is 11.4 Å². The molecule has 21 heavy (non-hydrogen) atoms. The lowest BCUT2D eigenvalue weighted by atomic mass is 10.1. The molecule has 0 spiro atoms. The van der Waals surface area contributed by atoms with E-state index >= 15 is 0 Å². The van der Waals surface area contributed by atoms with Gasteiger partial charge < -0.3 is 32.6 Å². The van der Waals surface area contributed by atoms with Crippen molar-refractivity contribution in [2.75, 3.05) is 43.9 Å². The number of likely N-dealkylation sites (tertiary alicyclic amines) is 1. The van der Waals surface area contributed by atoms with Crippen molar-refractivity contribution < 1.29 is 22.0 Å². The Morgan fingerprint density at radius 2 is 1.86 bits per heavy atom. The zero-order valence-electron chi connectivity index (χ0n) is 12.7. The minimum atomic E-state index is 0. The van der Waals surface area contributed by atoms with Gasteiger partial charge >= 0.3 is 0 Å². The van der Waals surface area contributed by atoms with Crippen LogP contribution in [0.25, 0.3) is 0 Å². The minimum Gasteiger partial charge on any atom is -1.00 e. The number of anilines is 2. The Bertz CT molecular complexity index is 459. The first kappa shape index (κ1) is 16.4. The van der Waals surface area contributed by atoms with E-state index in [4.69, 9.17) is 5.73 Å². The van der Waals surface area contributed by atoms with Crippen molar-refractivity contribution in [1.29, 1.82) is 0 Å². The minimum absolute atomic E-state index is 0. The van der Waals surface area contributed by atoms with Gasteiger partial charge in [-0.05, 0) is 24.3 Å². The maximum atomic E-state index is 9.72. The van der Waals surface area contributed by atoms with Crippen molar-refractivity contribution in [1.82, 2.24) is 0 Å². The van der Waals surface area contributed by atoms with Crippen LogP contribution in [0.5, 0.6) is 0 Å². The molecule has 2 atom stereocenters. The Hall–Kier alpha value is -0.970. The summed E-state index contributed by atoms with van der Waals surface area (Å²) in [5.74, 6) is 0. The van der Waals surface area contributed by atoms with Crippen LogP contribution in [0.2, 0.25) is 0 Å². The molecule has 0 bridgehead atoms. The van der Waals surface area contributed by atoms with E-state index in [1.54, 1.807) is 0 Å². The van der Waals surface area contributed by atoms with Gasteiger partial charge in [0.05, 0.1) is 39.3 Å². The second-order valence-corrected chi connectivity index (χ2v) is 6.60. The van der Waals surface area contributed by atoms with Crippen LogP contribution in [-0.2, 0) is 0 Å². The number of hydrogen-bond donors (Lipinski definition) is 2. The third kappa shape index (κ3) is 3.12. The summed E-state index contributed by atoms with van der Waals surface area (Å²) in [5, 5.41) is 9.72. The van der Waals surface area contributed by atoms with Crippen LogP contribution in [0.1, 0.15) is 19.3 Å². The van der Waals surface area contributed by atoms with Gasteiger partial charge in [0.2, 0.25) is 0 Å². The molecule has 5 heteroatoms. The van der Waals surface area contributed by atoms with E-state index in [0.29, 0.717) is 6.04 Å². The molecule has 3 N–H and O–H groups in total. The molecule has 0 amide bonds. The number of rotatable bonds is 3. The number of aliphatic hydroxyl groups is 1. The molecule has 4 nitrogen and oxygen atoms in total. The monoisotopic (exact) mass is 311 g/mol. The van der Waals surface area contributed by atoms with Crippen molar-refractivity contribution in [3.8, 4) is 0 Å². The highest BCUT2D eigenvalue weighted by Crippen LogP contribution is 2.33. The van der Waals surface area contributed by atoms with Gasteiger partial charge in [-0.2, -0.15) is 0 Å². The molecule has 0 radical (unpaired) electrons. The molecule has 2 fully saturated rings. The zero-order valence-corrected chi connectivity index (χ0v) is 13.5. The van der Waals surface area contributed by atoms with Crippen molar-refractivity contribution in [2.24, 2.45) is 0 Å². The molecule has 0 aliphatic carbocycles. The topological polar surface area (TPSA) is 49.5 Å². The van der Waals surface area contributed by atoms with Gasteiger partial charge in [0.1, 0.15) is 6.04 Å². The van der Waals surface area contributed by atoms with Crippen molar-refractivity contribution >= 4 is 11.4 Å². The highest BCUT2D eigenvalue weighted by atomic mass is 35.5. The first-order valence-corrected chi connectivity index (χ1v) is 7.70. The number of halogens is 1. The fourth-order valence-corrected chi connectivity index (χ4v) is 3.92. The predicted octanol–water partition coefficient (Wildman–Crippen LogP) is -1.55. The lowest BCUT2D eigenvalue weighted by Gasteiger charge is -2.35. The number of aliphatic hydroxyl groups excluding tert-OH is 1. The van der Waals surface area contributed by atoms with Crippen molar-refractivity contribution in [3.05, 3.63) is 24.3 Å². The molecule has 2 unspecified atom stereocenters. The van der Waals surface area contributed by atoms with Gasteiger partial charge in [-0.1, -0.05) is 0 Å². The molecule has 2 saturated heterocycles. The number of quaternary nitrogens is 1. The lowest BCUT2D eigenvalue weighted by molar-refractivity contribution is -0.919. The first-order chi connectivity index (χ1) is 9.62. The first-order valence-electron chi connectivity index (χ1n) is 7.70. The Kier molecular flexibility index (Phi) is 5.02. The quantitative estimate of drug-likeness (QED) is 0.525. The van der Waals surface area contributed by atoms with E-state index in [2.05, 4.69) is 24.1 Å². The summed E-state index contributed by atoms with van der Waals surface area (Å²) in [5.41, 5.74) is 7.75.